The molecule has 4 aromatic rings. The number of benzene rings is 4. The number of sulfonamides is 1. The lowest BCUT2D eigenvalue weighted by Crippen LogP contribution is -2.51. The first-order valence-corrected chi connectivity index (χ1v) is 16.5. The molecular weight excluding hydrogens is 602 g/mol. The Labute approximate surface area is 271 Å². The van der Waals surface area contributed by atoms with Crippen LogP contribution in [0.2, 0.25) is 0 Å². The molecule has 46 heavy (non-hydrogen) atoms. The Bertz CT molecular complexity index is 1710. The van der Waals surface area contributed by atoms with Gasteiger partial charge < -0.3 is 19.7 Å². The highest BCUT2D eigenvalue weighted by molar-refractivity contribution is 7.92. The van der Waals surface area contributed by atoms with Crippen molar-refractivity contribution in [2.45, 2.75) is 45.2 Å². The number of carbonyl (C=O) groups excluding carboxylic acids is 2. The Morgan fingerprint density at radius 3 is 2.07 bits per heavy atom. The number of methoxy groups -OCH3 is 1. The summed E-state index contributed by atoms with van der Waals surface area (Å²) in [7, 11) is -2.65. The fourth-order valence-electron chi connectivity index (χ4n) is 4.67. The number of anilines is 1. The van der Waals surface area contributed by atoms with Gasteiger partial charge in [-0.3, -0.25) is 13.9 Å². The molecule has 0 radical (unpaired) electrons. The van der Waals surface area contributed by atoms with Crippen LogP contribution in [0.15, 0.2) is 108 Å². The van der Waals surface area contributed by atoms with Crippen LogP contribution < -0.4 is 19.1 Å². The van der Waals surface area contributed by atoms with Crippen LogP contribution in [0, 0.1) is 12.8 Å². The average Bonchev–Trinajstić information content (AvgIpc) is 3.05. The zero-order valence-electron chi connectivity index (χ0n) is 26.8. The molecule has 9 nitrogen and oxygen atoms in total. The first kappa shape index (κ1) is 34.1. The minimum atomic E-state index is -4.20. The zero-order chi connectivity index (χ0) is 33.3. The fraction of sp³-hybridized carbons (Fsp3) is 0.278. The third-order valence-electron chi connectivity index (χ3n) is 7.33. The molecule has 4 rings (SSSR count). The molecule has 0 bridgehead atoms. The van der Waals surface area contributed by atoms with Gasteiger partial charge in [-0.1, -0.05) is 61.9 Å². The summed E-state index contributed by atoms with van der Waals surface area (Å²) < 4.78 is 40.6. The molecule has 0 aliphatic heterocycles. The second-order valence-electron chi connectivity index (χ2n) is 11.4. The topological polar surface area (TPSA) is 105 Å². The van der Waals surface area contributed by atoms with Gasteiger partial charge in [0, 0.05) is 13.1 Å². The van der Waals surface area contributed by atoms with E-state index >= 15 is 0 Å². The number of para-hydroxylation sites is 1. The van der Waals surface area contributed by atoms with Gasteiger partial charge in [-0.05, 0) is 86.0 Å². The maximum Gasteiger partial charge on any atom is 0.264 e. The molecule has 1 unspecified atom stereocenters. The van der Waals surface area contributed by atoms with E-state index in [1.54, 1.807) is 68.6 Å². The number of aryl methyl sites for hydroxylation is 1. The van der Waals surface area contributed by atoms with E-state index in [2.05, 4.69) is 5.32 Å². The maximum atomic E-state index is 14.2. The summed E-state index contributed by atoms with van der Waals surface area (Å²) >= 11 is 0. The monoisotopic (exact) mass is 643 g/mol. The van der Waals surface area contributed by atoms with Crippen LogP contribution in [0.1, 0.15) is 31.9 Å². The van der Waals surface area contributed by atoms with Crippen molar-refractivity contribution in [3.05, 3.63) is 114 Å². The lowest BCUT2D eigenvalue weighted by molar-refractivity contribution is -0.139. The predicted octanol–water partition coefficient (Wildman–Crippen LogP) is 6.18. The summed E-state index contributed by atoms with van der Waals surface area (Å²) in [5.41, 5.74) is 1.90. The van der Waals surface area contributed by atoms with E-state index in [0.717, 1.165) is 15.4 Å². The van der Waals surface area contributed by atoms with Gasteiger partial charge in [0.2, 0.25) is 11.8 Å². The first-order valence-electron chi connectivity index (χ1n) is 15.1. The summed E-state index contributed by atoms with van der Waals surface area (Å²) in [6, 6.07) is 28.5. The first-order chi connectivity index (χ1) is 22.0. The molecule has 0 saturated carbocycles. The van der Waals surface area contributed by atoms with Gasteiger partial charge in [-0.2, -0.15) is 0 Å². The van der Waals surface area contributed by atoms with Crippen LogP contribution in [0.3, 0.4) is 0 Å². The van der Waals surface area contributed by atoms with Crippen molar-refractivity contribution in [2.75, 3.05) is 24.5 Å². The Balaban J connectivity index is 1.70. The van der Waals surface area contributed by atoms with E-state index in [-0.39, 0.29) is 29.0 Å². The average molecular weight is 644 g/mol. The largest absolute Gasteiger partial charge is 0.497 e. The predicted molar refractivity (Wildman–Crippen MR) is 180 cm³/mol. The van der Waals surface area contributed by atoms with Gasteiger partial charge in [0.05, 0.1) is 17.7 Å². The van der Waals surface area contributed by atoms with Crippen molar-refractivity contribution in [1.82, 2.24) is 10.2 Å². The molecule has 10 heteroatoms. The lowest BCUT2D eigenvalue weighted by Gasteiger charge is -2.32. The van der Waals surface area contributed by atoms with Crippen LogP contribution in [0.25, 0.3) is 0 Å². The Hall–Kier alpha value is -4.83. The summed E-state index contributed by atoms with van der Waals surface area (Å²) in [5.74, 6) is 1.07. The molecule has 1 atom stereocenters. The minimum absolute atomic E-state index is 0.0394. The van der Waals surface area contributed by atoms with Gasteiger partial charge in [0.1, 0.15) is 29.8 Å². The van der Waals surface area contributed by atoms with E-state index in [0.29, 0.717) is 23.8 Å². The van der Waals surface area contributed by atoms with Crippen LogP contribution >= 0.6 is 0 Å². The summed E-state index contributed by atoms with van der Waals surface area (Å²) in [6.07, 6.45) is 0. The second kappa shape index (κ2) is 15.4. The van der Waals surface area contributed by atoms with Crippen molar-refractivity contribution in [2.24, 2.45) is 5.92 Å². The van der Waals surface area contributed by atoms with Crippen LogP contribution in [-0.4, -0.2) is 51.4 Å². The Morgan fingerprint density at radius 1 is 0.804 bits per heavy atom. The standard InChI is InChI=1S/C36H41N3O6S/c1-26(2)23-37-36(41)28(4)38(24-29-10-9-13-33(22-29)44-5)35(40)25-39(46(42,43)34-20-14-27(3)15-21-34)30-16-18-32(19-17-30)45-31-11-7-6-8-12-31/h6-22,26,28H,23-25H2,1-5H3,(H,37,41). The number of hydrogen-bond acceptors (Lipinski definition) is 6. The third-order valence-corrected chi connectivity index (χ3v) is 9.12. The summed E-state index contributed by atoms with van der Waals surface area (Å²) in [6.45, 7) is 7.43. The lowest BCUT2D eigenvalue weighted by atomic mass is 10.1. The SMILES string of the molecule is COc1cccc(CN(C(=O)CN(c2ccc(Oc3ccccc3)cc2)S(=O)(=O)c2ccc(C)cc2)C(C)C(=O)NCC(C)C)c1. The molecule has 2 amide bonds. The number of hydrogen-bond donors (Lipinski definition) is 1. The Kier molecular flexibility index (Phi) is 11.4. The van der Waals surface area contributed by atoms with Crippen molar-refractivity contribution >= 4 is 27.5 Å². The molecular formula is C36H41N3O6S. The number of amides is 2. The van der Waals surface area contributed by atoms with Gasteiger partial charge >= 0.3 is 0 Å². The highest BCUT2D eigenvalue weighted by Gasteiger charge is 2.32. The Morgan fingerprint density at radius 2 is 1.43 bits per heavy atom. The van der Waals surface area contributed by atoms with Gasteiger partial charge in [-0.25, -0.2) is 8.42 Å². The maximum absolute atomic E-state index is 14.2. The third kappa shape index (κ3) is 8.88. The molecule has 0 heterocycles. The van der Waals surface area contributed by atoms with Gasteiger partial charge in [0.15, 0.2) is 0 Å². The molecule has 0 aromatic heterocycles. The number of nitrogens with one attached hydrogen (secondary N) is 1. The van der Waals surface area contributed by atoms with E-state index in [4.69, 9.17) is 9.47 Å². The molecule has 4 aromatic carbocycles. The number of carbonyl (C=O) groups is 2. The number of rotatable bonds is 14. The second-order valence-corrected chi connectivity index (χ2v) is 13.3. The van der Waals surface area contributed by atoms with E-state index < -0.39 is 28.5 Å². The molecule has 0 saturated heterocycles. The molecule has 1 N–H and O–H groups in total. The summed E-state index contributed by atoms with van der Waals surface area (Å²) in [5, 5.41) is 2.89. The number of ether oxygens (including phenoxy) is 2. The molecule has 0 aliphatic rings. The highest BCUT2D eigenvalue weighted by Crippen LogP contribution is 2.29. The van der Waals surface area contributed by atoms with Crippen LogP contribution in [0.4, 0.5) is 5.69 Å². The van der Waals surface area contributed by atoms with Crippen molar-refractivity contribution in [3.8, 4) is 17.2 Å². The van der Waals surface area contributed by atoms with E-state index in [9.17, 15) is 18.0 Å². The van der Waals surface area contributed by atoms with Crippen molar-refractivity contribution in [1.29, 1.82) is 0 Å². The molecule has 242 valence electrons. The van der Waals surface area contributed by atoms with Gasteiger partial charge in [0.25, 0.3) is 10.0 Å². The van der Waals surface area contributed by atoms with Crippen molar-refractivity contribution < 1.29 is 27.5 Å². The minimum Gasteiger partial charge on any atom is -0.497 e. The smallest absolute Gasteiger partial charge is 0.264 e. The quantitative estimate of drug-likeness (QED) is 0.176. The van der Waals surface area contributed by atoms with E-state index in [1.807, 2.05) is 57.2 Å². The molecule has 0 aliphatic carbocycles. The highest BCUT2D eigenvalue weighted by atomic mass is 32.2. The summed E-state index contributed by atoms with van der Waals surface area (Å²) in [4.78, 5) is 28.9. The van der Waals surface area contributed by atoms with Gasteiger partial charge in [-0.15, -0.1) is 0 Å². The number of nitrogens with zero attached hydrogens (tertiary/aromatic N) is 2. The van der Waals surface area contributed by atoms with E-state index in [1.165, 1.54) is 17.0 Å². The van der Waals surface area contributed by atoms with Crippen LogP contribution in [0.5, 0.6) is 17.2 Å². The molecule has 0 spiro atoms. The zero-order valence-corrected chi connectivity index (χ0v) is 27.7. The normalized spacial score (nSPS) is 11.9. The molecule has 0 fully saturated rings. The van der Waals surface area contributed by atoms with Crippen molar-refractivity contribution in [3.63, 3.8) is 0 Å². The van der Waals surface area contributed by atoms with Crippen LogP contribution in [-0.2, 0) is 26.2 Å². The fourth-order valence-corrected chi connectivity index (χ4v) is 6.09.